The van der Waals surface area contributed by atoms with Crippen molar-refractivity contribution in [2.75, 3.05) is 12.3 Å². The molecule has 1 aromatic rings. The lowest BCUT2D eigenvalue weighted by Gasteiger charge is -2.25. The van der Waals surface area contributed by atoms with E-state index in [1.165, 1.54) is 37.1 Å². The summed E-state index contributed by atoms with van der Waals surface area (Å²) in [6.45, 7) is 2.21. The van der Waals surface area contributed by atoms with E-state index in [-0.39, 0.29) is 0 Å². The van der Waals surface area contributed by atoms with E-state index in [4.69, 9.17) is 5.73 Å². The molecule has 14 heavy (non-hydrogen) atoms. The van der Waals surface area contributed by atoms with Gasteiger partial charge in [0.2, 0.25) is 5.13 Å². The Bertz CT molecular complexity index is 337. The second-order valence-electron chi connectivity index (χ2n) is 4.30. The van der Waals surface area contributed by atoms with Gasteiger partial charge in [0.15, 0.2) is 0 Å². The maximum atomic E-state index is 5.56. The highest BCUT2D eigenvalue weighted by Crippen LogP contribution is 2.38. The van der Waals surface area contributed by atoms with E-state index in [2.05, 4.69) is 15.1 Å². The summed E-state index contributed by atoms with van der Waals surface area (Å²) in [5.41, 5.74) is 5.56. The van der Waals surface area contributed by atoms with Crippen LogP contribution in [-0.4, -0.2) is 27.7 Å². The number of nitrogens with zero attached hydrogens (tertiary/aromatic N) is 3. The van der Waals surface area contributed by atoms with E-state index in [0.29, 0.717) is 5.13 Å². The summed E-state index contributed by atoms with van der Waals surface area (Å²) < 4.78 is 0. The van der Waals surface area contributed by atoms with Crippen molar-refractivity contribution in [3.05, 3.63) is 5.01 Å². The highest BCUT2D eigenvalue weighted by Gasteiger charge is 2.37. The number of hydrogen-bond acceptors (Lipinski definition) is 5. The first-order chi connectivity index (χ1) is 6.81. The third-order valence-electron chi connectivity index (χ3n) is 3.34. The second-order valence-corrected chi connectivity index (χ2v) is 5.39. The van der Waals surface area contributed by atoms with Gasteiger partial charge in [-0.3, -0.25) is 4.90 Å². The molecule has 1 aliphatic carbocycles. The van der Waals surface area contributed by atoms with Gasteiger partial charge in [-0.05, 0) is 25.2 Å². The average molecular weight is 210 g/mol. The van der Waals surface area contributed by atoms with Gasteiger partial charge in [0.1, 0.15) is 5.01 Å². The molecule has 0 aromatic carbocycles. The molecule has 2 bridgehead atoms. The van der Waals surface area contributed by atoms with Crippen LogP contribution in [0.5, 0.6) is 0 Å². The molecule has 4 nitrogen and oxygen atoms in total. The fourth-order valence-corrected chi connectivity index (χ4v) is 3.36. The summed E-state index contributed by atoms with van der Waals surface area (Å²) >= 11 is 1.52. The van der Waals surface area contributed by atoms with Gasteiger partial charge in [-0.2, -0.15) is 0 Å². The first-order valence-corrected chi connectivity index (χ1v) is 5.95. The van der Waals surface area contributed by atoms with Crippen LogP contribution in [0.25, 0.3) is 0 Å². The molecule has 0 spiro atoms. The monoisotopic (exact) mass is 210 g/mol. The van der Waals surface area contributed by atoms with Crippen LogP contribution in [0.2, 0.25) is 0 Å². The van der Waals surface area contributed by atoms with Crippen molar-refractivity contribution in [2.45, 2.75) is 31.8 Å². The van der Waals surface area contributed by atoms with Crippen LogP contribution in [-0.2, 0) is 6.54 Å². The Morgan fingerprint density at radius 1 is 1.43 bits per heavy atom. The Hall–Kier alpha value is -0.680. The normalized spacial score (nSPS) is 31.4. The van der Waals surface area contributed by atoms with Gasteiger partial charge in [0, 0.05) is 12.6 Å². The van der Waals surface area contributed by atoms with Crippen molar-refractivity contribution in [3.63, 3.8) is 0 Å². The third kappa shape index (κ3) is 1.40. The lowest BCUT2D eigenvalue weighted by atomic mass is 10.1. The molecule has 3 rings (SSSR count). The smallest absolute Gasteiger partial charge is 0.203 e. The summed E-state index contributed by atoms with van der Waals surface area (Å²) in [7, 11) is 0. The molecule has 2 aliphatic rings. The van der Waals surface area contributed by atoms with Gasteiger partial charge in [-0.25, -0.2) is 0 Å². The number of rotatable bonds is 2. The van der Waals surface area contributed by atoms with E-state index in [0.717, 1.165) is 23.5 Å². The summed E-state index contributed by atoms with van der Waals surface area (Å²) in [6, 6.07) is 0.810. The maximum absolute atomic E-state index is 5.56. The van der Waals surface area contributed by atoms with Crippen LogP contribution in [0.4, 0.5) is 5.13 Å². The van der Waals surface area contributed by atoms with E-state index in [9.17, 15) is 0 Å². The third-order valence-corrected chi connectivity index (χ3v) is 4.08. The summed E-state index contributed by atoms with van der Waals surface area (Å²) in [6.07, 6.45) is 4.20. The first-order valence-electron chi connectivity index (χ1n) is 5.13. The van der Waals surface area contributed by atoms with Crippen LogP contribution in [0, 0.1) is 5.92 Å². The Labute approximate surface area is 87.1 Å². The van der Waals surface area contributed by atoms with Crippen molar-refractivity contribution in [2.24, 2.45) is 5.92 Å². The molecular weight excluding hydrogens is 196 g/mol. The predicted molar refractivity (Wildman–Crippen MR) is 55.9 cm³/mol. The Morgan fingerprint density at radius 2 is 2.36 bits per heavy atom. The zero-order valence-corrected chi connectivity index (χ0v) is 8.83. The van der Waals surface area contributed by atoms with Crippen LogP contribution in [0.15, 0.2) is 0 Å². The molecule has 2 heterocycles. The molecule has 1 aliphatic heterocycles. The maximum Gasteiger partial charge on any atom is 0.203 e. The van der Waals surface area contributed by atoms with E-state index >= 15 is 0 Å². The van der Waals surface area contributed by atoms with Gasteiger partial charge in [0.05, 0.1) is 6.54 Å². The molecule has 1 saturated heterocycles. The molecule has 76 valence electrons. The lowest BCUT2D eigenvalue weighted by Crippen LogP contribution is -2.31. The zero-order valence-electron chi connectivity index (χ0n) is 8.02. The highest BCUT2D eigenvalue weighted by atomic mass is 32.1. The molecule has 2 unspecified atom stereocenters. The predicted octanol–water partition coefficient (Wildman–Crippen LogP) is 1.10. The minimum atomic E-state index is 0.587. The number of hydrogen-bond donors (Lipinski definition) is 1. The summed E-state index contributed by atoms with van der Waals surface area (Å²) in [5, 5.41) is 9.56. The number of nitrogens with two attached hydrogens (primary N) is 1. The van der Waals surface area contributed by atoms with E-state index < -0.39 is 0 Å². The molecule has 2 N–H and O–H groups in total. The number of piperidine rings is 1. The van der Waals surface area contributed by atoms with Crippen molar-refractivity contribution in [1.29, 1.82) is 0 Å². The zero-order chi connectivity index (χ0) is 9.54. The number of aromatic nitrogens is 2. The summed E-state index contributed by atoms with van der Waals surface area (Å²) in [5.74, 6) is 0.949. The molecular formula is C9H14N4S. The molecule has 5 heteroatoms. The van der Waals surface area contributed by atoms with Crippen LogP contribution in [0.1, 0.15) is 24.3 Å². The largest absolute Gasteiger partial charge is 0.374 e. The van der Waals surface area contributed by atoms with Gasteiger partial charge in [-0.1, -0.05) is 11.3 Å². The standard InChI is InChI=1S/C9H14N4S/c10-9-12-11-8(14-9)5-13-4-6-1-2-7(13)3-6/h6-7H,1-5H2,(H2,10,12). The van der Waals surface area contributed by atoms with Gasteiger partial charge < -0.3 is 5.73 Å². The van der Waals surface area contributed by atoms with Crippen molar-refractivity contribution in [1.82, 2.24) is 15.1 Å². The molecule has 2 atom stereocenters. The summed E-state index contributed by atoms with van der Waals surface area (Å²) in [4.78, 5) is 2.54. The molecule has 2 fully saturated rings. The topological polar surface area (TPSA) is 55.0 Å². The molecule has 0 radical (unpaired) electrons. The van der Waals surface area contributed by atoms with Gasteiger partial charge >= 0.3 is 0 Å². The van der Waals surface area contributed by atoms with Gasteiger partial charge in [0.25, 0.3) is 0 Å². The fraction of sp³-hybridized carbons (Fsp3) is 0.778. The Kier molecular flexibility index (Phi) is 1.95. The Morgan fingerprint density at radius 3 is 2.93 bits per heavy atom. The Balaban J connectivity index is 1.68. The highest BCUT2D eigenvalue weighted by molar-refractivity contribution is 7.15. The lowest BCUT2D eigenvalue weighted by molar-refractivity contribution is 0.204. The number of fused-ring (bicyclic) bond motifs is 2. The van der Waals surface area contributed by atoms with Crippen molar-refractivity contribution >= 4 is 16.5 Å². The average Bonchev–Trinajstić information content (AvgIpc) is 2.82. The van der Waals surface area contributed by atoms with Crippen molar-refractivity contribution < 1.29 is 0 Å². The first kappa shape index (κ1) is 8.61. The fourth-order valence-electron chi connectivity index (χ4n) is 2.72. The minimum Gasteiger partial charge on any atom is -0.374 e. The number of likely N-dealkylation sites (tertiary alicyclic amines) is 1. The quantitative estimate of drug-likeness (QED) is 0.794. The van der Waals surface area contributed by atoms with Gasteiger partial charge in [-0.15, -0.1) is 10.2 Å². The van der Waals surface area contributed by atoms with Crippen LogP contribution in [0.3, 0.4) is 0 Å². The number of nitrogen functional groups attached to an aromatic ring is 1. The molecule has 0 amide bonds. The number of anilines is 1. The molecule has 1 aromatic heterocycles. The second kappa shape index (κ2) is 3.17. The van der Waals surface area contributed by atoms with E-state index in [1.54, 1.807) is 0 Å². The van der Waals surface area contributed by atoms with Crippen molar-refractivity contribution in [3.8, 4) is 0 Å². The van der Waals surface area contributed by atoms with E-state index in [1.807, 2.05) is 0 Å². The SMILES string of the molecule is Nc1nnc(CN2CC3CCC2C3)s1. The molecule has 1 saturated carbocycles. The van der Waals surface area contributed by atoms with Crippen LogP contribution < -0.4 is 5.73 Å². The minimum absolute atomic E-state index is 0.587. The van der Waals surface area contributed by atoms with Crippen LogP contribution >= 0.6 is 11.3 Å².